The number of nitrogens with zero attached hydrogens (tertiary/aromatic N) is 1. The highest BCUT2D eigenvalue weighted by Crippen LogP contribution is 2.08. The molecule has 1 aromatic rings. The zero-order valence-electron chi connectivity index (χ0n) is 9.41. The Morgan fingerprint density at radius 1 is 1.27 bits per heavy atom. The lowest BCUT2D eigenvalue weighted by molar-refractivity contribution is 0.293. The highest BCUT2D eigenvalue weighted by molar-refractivity contribution is 5.15. The van der Waals surface area contributed by atoms with Gasteiger partial charge in [0.15, 0.2) is 0 Å². The van der Waals surface area contributed by atoms with Crippen molar-refractivity contribution < 1.29 is 4.74 Å². The van der Waals surface area contributed by atoms with E-state index in [4.69, 9.17) is 10.5 Å². The van der Waals surface area contributed by atoms with Crippen molar-refractivity contribution in [2.75, 3.05) is 6.61 Å². The fourth-order valence-corrected chi connectivity index (χ4v) is 1.36. The Bertz CT molecular complexity index is 276. The number of hydrogen-bond acceptors (Lipinski definition) is 3. The van der Waals surface area contributed by atoms with Gasteiger partial charge in [-0.2, -0.15) is 0 Å². The first-order valence-electron chi connectivity index (χ1n) is 5.65. The number of pyridine rings is 1. The van der Waals surface area contributed by atoms with Gasteiger partial charge in [0, 0.05) is 12.6 Å². The van der Waals surface area contributed by atoms with Crippen molar-refractivity contribution in [1.29, 1.82) is 0 Å². The van der Waals surface area contributed by atoms with Gasteiger partial charge in [0.1, 0.15) is 0 Å². The van der Waals surface area contributed by atoms with Gasteiger partial charge in [-0.1, -0.05) is 32.3 Å². The zero-order chi connectivity index (χ0) is 10.9. The van der Waals surface area contributed by atoms with E-state index in [9.17, 15) is 0 Å². The molecule has 1 aromatic heterocycles. The predicted octanol–water partition coefficient (Wildman–Crippen LogP) is 2.50. The van der Waals surface area contributed by atoms with Gasteiger partial charge < -0.3 is 10.5 Å². The van der Waals surface area contributed by atoms with Crippen molar-refractivity contribution >= 4 is 0 Å². The minimum Gasteiger partial charge on any atom is -0.478 e. The van der Waals surface area contributed by atoms with Crippen LogP contribution >= 0.6 is 0 Å². The molecule has 3 heteroatoms. The highest BCUT2D eigenvalue weighted by Gasteiger charge is 1.96. The third-order valence-corrected chi connectivity index (χ3v) is 2.24. The third-order valence-electron chi connectivity index (χ3n) is 2.24. The fourth-order valence-electron chi connectivity index (χ4n) is 1.36. The Labute approximate surface area is 91.7 Å². The average molecular weight is 208 g/mol. The Morgan fingerprint density at radius 3 is 2.87 bits per heavy atom. The number of hydrogen-bond donors (Lipinski definition) is 1. The lowest BCUT2D eigenvalue weighted by Crippen LogP contribution is -2.03. The summed E-state index contributed by atoms with van der Waals surface area (Å²) >= 11 is 0. The molecule has 2 N–H and O–H groups in total. The quantitative estimate of drug-likeness (QED) is 0.700. The van der Waals surface area contributed by atoms with Gasteiger partial charge in [-0.15, -0.1) is 0 Å². The lowest BCUT2D eigenvalue weighted by atomic mass is 10.2. The Kier molecular flexibility index (Phi) is 5.78. The second-order valence-corrected chi connectivity index (χ2v) is 3.58. The number of unbranched alkanes of at least 4 members (excludes halogenated alkanes) is 3. The smallest absolute Gasteiger partial charge is 0.213 e. The Morgan fingerprint density at radius 2 is 2.13 bits per heavy atom. The summed E-state index contributed by atoms with van der Waals surface area (Å²) in [6.07, 6.45) is 4.86. The first-order valence-corrected chi connectivity index (χ1v) is 5.65. The van der Waals surface area contributed by atoms with Gasteiger partial charge >= 0.3 is 0 Å². The van der Waals surface area contributed by atoms with Crippen LogP contribution in [0.4, 0.5) is 0 Å². The summed E-state index contributed by atoms with van der Waals surface area (Å²) in [5.41, 5.74) is 6.37. The summed E-state index contributed by atoms with van der Waals surface area (Å²) < 4.78 is 5.53. The standard InChI is InChI=1S/C12H20N2O/c1-2-3-4-5-9-15-12-8-6-7-11(10-13)14-12/h6-8H,2-5,9-10,13H2,1H3. The molecule has 0 atom stereocenters. The van der Waals surface area contributed by atoms with E-state index in [0.717, 1.165) is 18.7 Å². The number of ether oxygens (including phenoxy) is 1. The summed E-state index contributed by atoms with van der Waals surface area (Å²) in [5.74, 6) is 0.689. The number of nitrogens with two attached hydrogens (primary N) is 1. The van der Waals surface area contributed by atoms with Crippen molar-refractivity contribution in [3.05, 3.63) is 23.9 Å². The number of rotatable bonds is 7. The van der Waals surface area contributed by atoms with E-state index in [2.05, 4.69) is 11.9 Å². The molecule has 0 aromatic carbocycles. The fraction of sp³-hybridized carbons (Fsp3) is 0.583. The van der Waals surface area contributed by atoms with Crippen LogP contribution in [0.25, 0.3) is 0 Å². The SMILES string of the molecule is CCCCCCOc1cccc(CN)n1. The van der Waals surface area contributed by atoms with Crippen LogP contribution in [0, 0.1) is 0 Å². The summed E-state index contributed by atoms with van der Waals surface area (Å²) in [4.78, 5) is 4.26. The summed E-state index contributed by atoms with van der Waals surface area (Å²) in [7, 11) is 0. The maximum absolute atomic E-state index is 5.53. The normalized spacial score (nSPS) is 10.3. The van der Waals surface area contributed by atoms with Crippen molar-refractivity contribution in [2.24, 2.45) is 5.73 Å². The maximum Gasteiger partial charge on any atom is 0.213 e. The molecular formula is C12H20N2O. The zero-order valence-corrected chi connectivity index (χ0v) is 9.41. The molecule has 0 bridgehead atoms. The molecule has 84 valence electrons. The van der Waals surface area contributed by atoms with Crippen LogP contribution in [0.5, 0.6) is 5.88 Å². The molecular weight excluding hydrogens is 188 g/mol. The van der Waals surface area contributed by atoms with E-state index in [1.165, 1.54) is 19.3 Å². The summed E-state index contributed by atoms with van der Waals surface area (Å²) in [6.45, 7) is 3.42. The monoisotopic (exact) mass is 208 g/mol. The lowest BCUT2D eigenvalue weighted by Gasteiger charge is -2.05. The van der Waals surface area contributed by atoms with E-state index in [-0.39, 0.29) is 0 Å². The molecule has 0 saturated heterocycles. The van der Waals surface area contributed by atoms with Crippen LogP contribution < -0.4 is 10.5 Å². The molecule has 0 unspecified atom stereocenters. The van der Waals surface area contributed by atoms with Gasteiger partial charge in [-0.05, 0) is 12.5 Å². The van der Waals surface area contributed by atoms with Crippen LogP contribution in [0.2, 0.25) is 0 Å². The van der Waals surface area contributed by atoms with E-state index in [1.807, 2.05) is 18.2 Å². The average Bonchev–Trinajstić information content (AvgIpc) is 2.29. The van der Waals surface area contributed by atoms with Crippen molar-refractivity contribution in [3.8, 4) is 5.88 Å². The van der Waals surface area contributed by atoms with Gasteiger partial charge in [0.25, 0.3) is 0 Å². The van der Waals surface area contributed by atoms with E-state index < -0.39 is 0 Å². The minimum absolute atomic E-state index is 0.465. The van der Waals surface area contributed by atoms with Crippen molar-refractivity contribution in [1.82, 2.24) is 4.98 Å². The van der Waals surface area contributed by atoms with Gasteiger partial charge in [-0.3, -0.25) is 0 Å². The van der Waals surface area contributed by atoms with E-state index >= 15 is 0 Å². The molecule has 0 radical (unpaired) electrons. The second kappa shape index (κ2) is 7.23. The summed E-state index contributed by atoms with van der Waals surface area (Å²) in [6, 6.07) is 5.71. The molecule has 0 aliphatic carbocycles. The Hall–Kier alpha value is -1.09. The van der Waals surface area contributed by atoms with Crippen molar-refractivity contribution in [3.63, 3.8) is 0 Å². The second-order valence-electron chi connectivity index (χ2n) is 3.58. The third kappa shape index (κ3) is 4.79. The van der Waals surface area contributed by atoms with Gasteiger partial charge in [-0.25, -0.2) is 4.98 Å². The van der Waals surface area contributed by atoms with Crippen LogP contribution in [0.15, 0.2) is 18.2 Å². The molecule has 0 spiro atoms. The maximum atomic E-state index is 5.53. The molecule has 0 saturated carbocycles. The van der Waals surface area contributed by atoms with Gasteiger partial charge in [0.2, 0.25) is 5.88 Å². The highest BCUT2D eigenvalue weighted by atomic mass is 16.5. The molecule has 3 nitrogen and oxygen atoms in total. The number of aromatic nitrogens is 1. The van der Waals surface area contributed by atoms with Crippen LogP contribution in [-0.2, 0) is 6.54 Å². The summed E-state index contributed by atoms with van der Waals surface area (Å²) in [5, 5.41) is 0. The first kappa shape index (κ1) is 12.0. The molecule has 0 aliphatic rings. The first-order chi connectivity index (χ1) is 7.36. The molecule has 0 amide bonds. The van der Waals surface area contributed by atoms with Crippen LogP contribution in [-0.4, -0.2) is 11.6 Å². The molecule has 1 heterocycles. The predicted molar refractivity (Wildman–Crippen MR) is 61.8 cm³/mol. The van der Waals surface area contributed by atoms with E-state index in [0.29, 0.717) is 12.4 Å². The molecule has 0 aliphatic heterocycles. The van der Waals surface area contributed by atoms with E-state index in [1.54, 1.807) is 0 Å². The molecule has 1 rings (SSSR count). The van der Waals surface area contributed by atoms with Gasteiger partial charge in [0.05, 0.1) is 12.3 Å². The molecule has 0 fully saturated rings. The largest absolute Gasteiger partial charge is 0.478 e. The van der Waals surface area contributed by atoms with Crippen molar-refractivity contribution in [2.45, 2.75) is 39.2 Å². The molecule has 15 heavy (non-hydrogen) atoms. The minimum atomic E-state index is 0.465. The topological polar surface area (TPSA) is 48.1 Å². The van der Waals surface area contributed by atoms with Crippen LogP contribution in [0.3, 0.4) is 0 Å². The van der Waals surface area contributed by atoms with Crippen LogP contribution in [0.1, 0.15) is 38.3 Å². The Balaban J connectivity index is 2.24.